The molecule has 2 heteroatoms. The van der Waals surface area contributed by atoms with Crippen LogP contribution in [0, 0.1) is 0 Å². The minimum atomic E-state index is -1.56. The van der Waals surface area contributed by atoms with Crippen LogP contribution in [0.2, 0.25) is 9.26 Å². The summed E-state index contributed by atoms with van der Waals surface area (Å²) in [5.74, 6) is 0. The molecule has 0 atom stereocenters. The first kappa shape index (κ1) is 11.3. The maximum absolute atomic E-state index is 2.55. The summed E-state index contributed by atoms with van der Waals surface area (Å²) in [4.78, 5) is 0. The quantitative estimate of drug-likeness (QED) is 0.387. The van der Waals surface area contributed by atoms with Gasteiger partial charge in [-0.05, 0) is 0 Å². The zero-order chi connectivity index (χ0) is 11.1. The van der Waals surface area contributed by atoms with Crippen molar-refractivity contribution in [3.8, 4) is 0 Å². The van der Waals surface area contributed by atoms with Gasteiger partial charge in [-0.15, -0.1) is 0 Å². The van der Waals surface area contributed by atoms with Gasteiger partial charge in [-0.3, -0.25) is 0 Å². The Labute approximate surface area is 113 Å². The second-order valence-corrected chi connectivity index (χ2v) is 20.3. The Morgan fingerprint density at radius 3 is 1.06 bits per heavy atom. The molecule has 0 spiro atoms. The Morgan fingerprint density at radius 2 is 0.812 bits per heavy atom. The molecule has 3 rings (SSSR count). The van der Waals surface area contributed by atoms with Crippen LogP contribution in [0.5, 0.6) is 0 Å². The normalized spacial score (nSPS) is 15.6. The van der Waals surface area contributed by atoms with Crippen molar-refractivity contribution in [2.75, 3.05) is 0 Å². The van der Waals surface area contributed by atoms with Crippen molar-refractivity contribution in [1.29, 1.82) is 0 Å². The third-order valence-electron chi connectivity index (χ3n) is 3.21. The molecule has 0 bridgehead atoms. The van der Waals surface area contributed by atoms with Crippen molar-refractivity contribution in [2.45, 2.75) is 9.26 Å². The van der Waals surface area contributed by atoms with Crippen molar-refractivity contribution >= 4 is 56.6 Å². The predicted molar refractivity (Wildman–Crippen MR) is 74.7 cm³/mol. The van der Waals surface area contributed by atoms with E-state index in [0.717, 1.165) is 0 Å². The number of hydrogen-bond acceptors (Lipinski definition) is 0. The molecule has 0 aliphatic carbocycles. The van der Waals surface area contributed by atoms with Gasteiger partial charge in [0, 0.05) is 0 Å². The summed E-state index contributed by atoms with van der Waals surface area (Å²) >= 11 is -3.12. The topological polar surface area (TPSA) is 0 Å². The third-order valence-corrected chi connectivity index (χ3v) is 26.4. The molecule has 0 amide bonds. The van der Waals surface area contributed by atoms with Crippen molar-refractivity contribution < 1.29 is 0 Å². The van der Waals surface area contributed by atoms with Crippen molar-refractivity contribution in [3.63, 3.8) is 0 Å². The summed E-state index contributed by atoms with van der Waals surface area (Å²) in [7, 11) is 0. The number of hydrogen-bond donors (Lipinski definition) is 0. The zero-order valence-corrected chi connectivity index (χ0v) is 16.5. The standard InChI is InChI=1S/2C6H4.2CH3.2Bi/c2*1-2-4-6-5-3-1;;;;/h2*1-4H;2*1H3;;. The first-order valence-corrected chi connectivity index (χ1v) is 19.4. The summed E-state index contributed by atoms with van der Waals surface area (Å²) in [6.45, 7) is 0. The molecular weight excluding hydrogens is 586 g/mol. The van der Waals surface area contributed by atoms with Gasteiger partial charge in [0.25, 0.3) is 0 Å². The van der Waals surface area contributed by atoms with Crippen LogP contribution in [0.15, 0.2) is 48.5 Å². The molecule has 0 aromatic heterocycles. The van der Waals surface area contributed by atoms with Crippen LogP contribution in [0.1, 0.15) is 0 Å². The van der Waals surface area contributed by atoms with E-state index < -0.39 is 43.5 Å². The Kier molecular flexibility index (Phi) is 3.16. The van der Waals surface area contributed by atoms with Crippen LogP contribution in [-0.2, 0) is 0 Å². The fourth-order valence-electron chi connectivity index (χ4n) is 2.32. The molecule has 0 N–H and O–H groups in total. The van der Waals surface area contributed by atoms with Gasteiger partial charge in [-0.1, -0.05) is 0 Å². The maximum atomic E-state index is 2.55. The van der Waals surface area contributed by atoms with Crippen molar-refractivity contribution in [3.05, 3.63) is 48.5 Å². The summed E-state index contributed by atoms with van der Waals surface area (Å²) in [5.41, 5.74) is 0. The van der Waals surface area contributed by atoms with Gasteiger partial charge in [0.15, 0.2) is 0 Å². The van der Waals surface area contributed by atoms with Gasteiger partial charge in [0.05, 0.1) is 0 Å². The molecule has 0 saturated heterocycles. The third kappa shape index (κ3) is 1.70. The molecule has 1 heterocycles. The Morgan fingerprint density at radius 1 is 0.562 bits per heavy atom. The van der Waals surface area contributed by atoms with Crippen LogP contribution < -0.4 is 13.1 Å². The molecule has 0 unspecified atom stereocenters. The van der Waals surface area contributed by atoms with E-state index in [1.54, 1.807) is 13.1 Å². The van der Waals surface area contributed by atoms with Crippen molar-refractivity contribution in [2.24, 2.45) is 0 Å². The molecule has 0 fully saturated rings. The first-order chi connectivity index (χ1) is 7.79. The Balaban J connectivity index is 2.26. The second-order valence-electron chi connectivity index (χ2n) is 4.10. The minimum absolute atomic E-state index is 1.56. The fourth-order valence-corrected chi connectivity index (χ4v) is 36.1. The van der Waals surface area contributed by atoms with E-state index in [0.29, 0.717) is 0 Å². The van der Waals surface area contributed by atoms with E-state index >= 15 is 0 Å². The van der Waals surface area contributed by atoms with Gasteiger partial charge in [0.1, 0.15) is 0 Å². The summed E-state index contributed by atoms with van der Waals surface area (Å²) < 4.78 is 12.2. The molecular formula is C14H14Bi2. The number of fused-ring (bicyclic) bond motifs is 2. The molecule has 80 valence electrons. The van der Waals surface area contributed by atoms with Gasteiger partial charge >= 0.3 is 114 Å². The van der Waals surface area contributed by atoms with Gasteiger partial charge in [0.2, 0.25) is 0 Å². The average molecular weight is 600 g/mol. The van der Waals surface area contributed by atoms with E-state index in [4.69, 9.17) is 0 Å². The van der Waals surface area contributed by atoms with Crippen LogP contribution in [0.4, 0.5) is 0 Å². The zero-order valence-electron chi connectivity index (χ0n) is 9.51. The fraction of sp³-hybridized carbons (Fsp3) is 0.143. The Hall–Kier alpha value is 0.206. The summed E-state index contributed by atoms with van der Waals surface area (Å²) in [6, 6.07) is 18.6. The molecule has 2 aromatic carbocycles. The average Bonchev–Trinajstić information content (AvgIpc) is 2.36. The summed E-state index contributed by atoms with van der Waals surface area (Å²) in [5, 5.41) is 0. The number of rotatable bonds is 0. The van der Waals surface area contributed by atoms with E-state index in [1.807, 2.05) is 0 Å². The van der Waals surface area contributed by atoms with Crippen LogP contribution in [0.3, 0.4) is 0 Å². The van der Waals surface area contributed by atoms with Crippen LogP contribution in [0.25, 0.3) is 0 Å². The molecule has 0 saturated carbocycles. The predicted octanol–water partition coefficient (Wildman–Crippen LogP) is 0.478. The van der Waals surface area contributed by atoms with Gasteiger partial charge < -0.3 is 0 Å². The van der Waals surface area contributed by atoms with E-state index in [2.05, 4.69) is 57.8 Å². The SMILES string of the molecule is [CH3][Bi]1[c]2cccc[c]2[Bi]([CH3])[c]2cccc[c]21. The van der Waals surface area contributed by atoms with Crippen LogP contribution in [-0.4, -0.2) is 43.5 Å². The van der Waals surface area contributed by atoms with E-state index in [-0.39, 0.29) is 0 Å². The van der Waals surface area contributed by atoms with Gasteiger partial charge in [-0.25, -0.2) is 0 Å². The molecule has 2 aromatic rings. The summed E-state index contributed by atoms with van der Waals surface area (Å²) in [6.07, 6.45) is 0. The van der Waals surface area contributed by atoms with E-state index in [9.17, 15) is 0 Å². The molecule has 1 aliphatic rings. The molecule has 16 heavy (non-hydrogen) atoms. The second kappa shape index (κ2) is 4.47. The molecule has 0 radical (unpaired) electrons. The van der Waals surface area contributed by atoms with Crippen molar-refractivity contribution in [1.82, 2.24) is 0 Å². The molecule has 0 nitrogen and oxygen atoms in total. The Bertz CT molecular complexity index is 438. The monoisotopic (exact) mass is 600 g/mol. The van der Waals surface area contributed by atoms with E-state index in [1.165, 1.54) is 0 Å². The number of benzene rings is 2. The first-order valence-electron chi connectivity index (χ1n) is 5.44. The van der Waals surface area contributed by atoms with Gasteiger partial charge in [-0.2, -0.15) is 0 Å². The van der Waals surface area contributed by atoms with Crippen LogP contribution >= 0.6 is 0 Å². The molecule has 1 aliphatic heterocycles.